The molecule has 0 saturated carbocycles. The lowest BCUT2D eigenvalue weighted by Crippen LogP contribution is -2.48. The van der Waals surface area contributed by atoms with Gasteiger partial charge in [-0.25, -0.2) is 0 Å². The van der Waals surface area contributed by atoms with Crippen LogP contribution in [0.5, 0.6) is 0 Å². The molecule has 2 heterocycles. The maximum atomic E-state index is 14.0. The SMILES string of the molecule is CN1[C@H]2CC[C@@H]1[C@@H](C(=O)c1ccc3ccccc3c1)[C@@H](c1ccc3ccccc3c1)C2. The van der Waals surface area contributed by atoms with Crippen LogP contribution in [0.3, 0.4) is 0 Å². The molecule has 0 aromatic heterocycles. The van der Waals surface area contributed by atoms with Gasteiger partial charge in [-0.3, -0.25) is 9.69 Å². The molecule has 4 aromatic rings. The minimum absolute atomic E-state index is 0.00562. The lowest BCUT2D eigenvalue weighted by atomic mass is 9.72. The third kappa shape index (κ3) is 3.09. The summed E-state index contributed by atoms with van der Waals surface area (Å²) in [4.78, 5) is 16.5. The van der Waals surface area contributed by atoms with Crippen LogP contribution in [0, 0.1) is 5.92 Å². The Bertz CT molecular complexity index is 1290. The van der Waals surface area contributed by atoms with E-state index in [1.54, 1.807) is 0 Å². The summed E-state index contributed by atoms with van der Waals surface area (Å²) < 4.78 is 0. The Morgan fingerprint density at radius 2 is 1.42 bits per heavy atom. The van der Waals surface area contributed by atoms with E-state index in [-0.39, 0.29) is 11.8 Å². The zero-order valence-electron chi connectivity index (χ0n) is 17.9. The van der Waals surface area contributed by atoms with Crippen molar-refractivity contribution in [1.82, 2.24) is 4.90 Å². The normalized spacial score (nSPS) is 25.8. The molecule has 0 N–H and O–H groups in total. The number of hydrogen-bond acceptors (Lipinski definition) is 2. The third-order valence-corrected chi connectivity index (χ3v) is 7.81. The predicted molar refractivity (Wildman–Crippen MR) is 128 cm³/mol. The van der Waals surface area contributed by atoms with Crippen molar-refractivity contribution >= 4 is 27.3 Å². The van der Waals surface area contributed by atoms with Crippen LogP contribution >= 0.6 is 0 Å². The Morgan fingerprint density at radius 1 is 0.774 bits per heavy atom. The topological polar surface area (TPSA) is 20.3 Å². The van der Waals surface area contributed by atoms with Crippen molar-refractivity contribution in [3.8, 4) is 0 Å². The summed E-state index contributed by atoms with van der Waals surface area (Å²) in [5.74, 6) is 0.587. The molecule has 4 atom stereocenters. The number of hydrogen-bond donors (Lipinski definition) is 0. The quantitative estimate of drug-likeness (QED) is 0.365. The summed E-state index contributed by atoms with van der Waals surface area (Å²) in [5, 5.41) is 4.86. The highest BCUT2D eigenvalue weighted by Crippen LogP contribution is 2.47. The minimum Gasteiger partial charge on any atom is -0.300 e. The van der Waals surface area contributed by atoms with E-state index in [1.165, 1.54) is 28.1 Å². The van der Waals surface area contributed by atoms with E-state index < -0.39 is 0 Å². The number of carbonyl (C=O) groups is 1. The minimum atomic E-state index is 0.00562. The number of rotatable bonds is 3. The van der Waals surface area contributed by atoms with E-state index in [1.807, 2.05) is 18.2 Å². The van der Waals surface area contributed by atoms with Gasteiger partial charge in [0.05, 0.1) is 0 Å². The van der Waals surface area contributed by atoms with Crippen molar-refractivity contribution in [1.29, 1.82) is 0 Å². The van der Waals surface area contributed by atoms with Crippen LogP contribution in [-0.4, -0.2) is 29.8 Å². The average Bonchev–Trinajstić information content (AvgIpc) is 3.05. The fourth-order valence-corrected chi connectivity index (χ4v) is 6.14. The third-order valence-electron chi connectivity index (χ3n) is 7.81. The molecule has 6 rings (SSSR count). The molecule has 31 heavy (non-hydrogen) atoms. The summed E-state index contributed by atoms with van der Waals surface area (Å²) >= 11 is 0. The average molecular weight is 406 g/mol. The number of piperidine rings is 1. The molecule has 2 aliphatic heterocycles. The number of fused-ring (bicyclic) bond motifs is 4. The highest BCUT2D eigenvalue weighted by Gasteiger charge is 2.49. The number of benzene rings is 4. The number of carbonyl (C=O) groups excluding carboxylic acids is 1. The molecule has 2 heteroatoms. The molecule has 154 valence electrons. The molecule has 0 aliphatic carbocycles. The van der Waals surface area contributed by atoms with E-state index >= 15 is 0 Å². The number of nitrogens with zero attached hydrogens (tertiary/aromatic N) is 1. The Labute approximate surface area is 183 Å². The molecule has 0 unspecified atom stereocenters. The van der Waals surface area contributed by atoms with Gasteiger partial charge < -0.3 is 0 Å². The van der Waals surface area contributed by atoms with E-state index in [2.05, 4.69) is 78.7 Å². The maximum Gasteiger partial charge on any atom is 0.168 e. The van der Waals surface area contributed by atoms with Crippen molar-refractivity contribution < 1.29 is 4.79 Å². The van der Waals surface area contributed by atoms with Crippen molar-refractivity contribution in [2.45, 2.75) is 37.3 Å². The Hall–Kier alpha value is -2.97. The number of Topliss-reactive ketones (excluding diaryl/α,β-unsaturated/α-hetero) is 1. The second-order valence-corrected chi connectivity index (χ2v) is 9.36. The molecular weight excluding hydrogens is 378 g/mol. The molecular formula is C29H27NO. The van der Waals surface area contributed by atoms with Crippen LogP contribution in [0.2, 0.25) is 0 Å². The Balaban J connectivity index is 1.44. The Kier molecular flexibility index (Phi) is 4.43. The van der Waals surface area contributed by atoms with Crippen LogP contribution in [0.25, 0.3) is 21.5 Å². The van der Waals surface area contributed by atoms with Crippen LogP contribution in [0.1, 0.15) is 41.1 Å². The standard InChI is InChI=1S/C29H27NO/c1-30-25-14-15-27(30)28(29(31)24-13-11-20-7-3-5-9-22(20)17-24)26(18-25)23-12-10-19-6-2-4-8-21(19)16-23/h2-13,16-17,25-28H,14-15,18H2,1H3/t25-,26+,27+,28-/m0/s1. The first kappa shape index (κ1) is 18.8. The zero-order valence-corrected chi connectivity index (χ0v) is 17.9. The van der Waals surface area contributed by atoms with E-state index in [4.69, 9.17) is 0 Å². The molecule has 2 nitrogen and oxygen atoms in total. The van der Waals surface area contributed by atoms with Crippen LogP contribution < -0.4 is 0 Å². The predicted octanol–water partition coefficient (Wildman–Crippen LogP) is 6.44. The van der Waals surface area contributed by atoms with Gasteiger partial charge in [-0.1, -0.05) is 78.9 Å². The molecule has 0 amide bonds. The van der Waals surface area contributed by atoms with Crippen LogP contribution in [-0.2, 0) is 0 Å². The zero-order chi connectivity index (χ0) is 20.9. The molecule has 2 aliphatic rings. The molecule has 2 saturated heterocycles. The molecule has 0 spiro atoms. The highest BCUT2D eigenvalue weighted by molar-refractivity contribution is 6.02. The van der Waals surface area contributed by atoms with Gasteiger partial charge in [0.2, 0.25) is 0 Å². The summed E-state index contributed by atoms with van der Waals surface area (Å²) in [6.45, 7) is 0. The lowest BCUT2D eigenvalue weighted by Gasteiger charge is -2.42. The fourth-order valence-electron chi connectivity index (χ4n) is 6.14. The largest absolute Gasteiger partial charge is 0.300 e. The van der Waals surface area contributed by atoms with Gasteiger partial charge in [0.25, 0.3) is 0 Å². The second kappa shape index (κ2) is 7.32. The maximum absolute atomic E-state index is 14.0. The molecule has 2 fully saturated rings. The van der Waals surface area contributed by atoms with Gasteiger partial charge in [-0.05, 0) is 65.4 Å². The van der Waals surface area contributed by atoms with E-state index in [0.717, 1.165) is 23.8 Å². The van der Waals surface area contributed by atoms with Crippen molar-refractivity contribution in [2.24, 2.45) is 5.92 Å². The van der Waals surface area contributed by atoms with Crippen LogP contribution in [0.4, 0.5) is 0 Å². The first-order valence-electron chi connectivity index (χ1n) is 11.4. The summed E-state index contributed by atoms with van der Waals surface area (Å²) in [5.41, 5.74) is 2.18. The first-order chi connectivity index (χ1) is 15.2. The Morgan fingerprint density at radius 3 is 2.16 bits per heavy atom. The highest BCUT2D eigenvalue weighted by atomic mass is 16.1. The van der Waals surface area contributed by atoms with E-state index in [9.17, 15) is 4.79 Å². The van der Waals surface area contributed by atoms with Crippen molar-refractivity contribution in [2.75, 3.05) is 7.05 Å². The van der Waals surface area contributed by atoms with Crippen molar-refractivity contribution in [3.05, 3.63) is 96.1 Å². The fraction of sp³-hybridized carbons (Fsp3) is 0.276. The van der Waals surface area contributed by atoms with Gasteiger partial charge in [-0.2, -0.15) is 0 Å². The van der Waals surface area contributed by atoms with Gasteiger partial charge in [0, 0.05) is 23.6 Å². The van der Waals surface area contributed by atoms with Gasteiger partial charge in [0.15, 0.2) is 5.78 Å². The summed E-state index contributed by atoms with van der Waals surface area (Å²) in [6.07, 6.45) is 3.39. The van der Waals surface area contributed by atoms with E-state index in [0.29, 0.717) is 17.9 Å². The molecule has 0 radical (unpaired) electrons. The van der Waals surface area contributed by atoms with Crippen LogP contribution in [0.15, 0.2) is 84.9 Å². The first-order valence-corrected chi connectivity index (χ1v) is 11.4. The smallest absolute Gasteiger partial charge is 0.168 e. The van der Waals surface area contributed by atoms with Crippen molar-refractivity contribution in [3.63, 3.8) is 0 Å². The van der Waals surface area contributed by atoms with Gasteiger partial charge in [-0.15, -0.1) is 0 Å². The van der Waals surface area contributed by atoms with Gasteiger partial charge >= 0.3 is 0 Å². The number of ketones is 1. The second-order valence-electron chi connectivity index (χ2n) is 9.36. The van der Waals surface area contributed by atoms with Gasteiger partial charge in [0.1, 0.15) is 0 Å². The monoisotopic (exact) mass is 405 g/mol. The summed E-state index contributed by atoms with van der Waals surface area (Å²) in [6, 6.07) is 30.8. The molecule has 4 aromatic carbocycles. The summed E-state index contributed by atoms with van der Waals surface area (Å²) in [7, 11) is 2.22. The lowest BCUT2D eigenvalue weighted by molar-refractivity contribution is 0.0643. The molecule has 2 bridgehead atoms.